The van der Waals surface area contributed by atoms with Crippen molar-refractivity contribution >= 4 is 12.0 Å². The summed E-state index contributed by atoms with van der Waals surface area (Å²) in [6, 6.07) is 0.110. The summed E-state index contributed by atoms with van der Waals surface area (Å²) < 4.78 is 0. The molecule has 19 heavy (non-hydrogen) atoms. The lowest BCUT2D eigenvalue weighted by Gasteiger charge is -2.18. The van der Waals surface area contributed by atoms with Crippen LogP contribution in [0.3, 0.4) is 0 Å². The third kappa shape index (κ3) is 9.33. The van der Waals surface area contributed by atoms with Gasteiger partial charge in [0.15, 0.2) is 0 Å². The first-order valence-corrected chi connectivity index (χ1v) is 7.16. The Hall–Kier alpha value is -1.26. The Morgan fingerprint density at radius 1 is 1.00 bits per heavy atom. The van der Waals surface area contributed by atoms with E-state index < -0.39 is 5.97 Å². The Kier molecular flexibility index (Phi) is 9.00. The summed E-state index contributed by atoms with van der Waals surface area (Å²) in [5, 5.41) is 14.5. The topological polar surface area (TPSA) is 78.4 Å². The van der Waals surface area contributed by atoms with Crippen LogP contribution in [0.15, 0.2) is 0 Å². The fourth-order valence-corrected chi connectivity index (χ4v) is 1.92. The highest BCUT2D eigenvalue weighted by Gasteiger charge is 2.13. The van der Waals surface area contributed by atoms with Gasteiger partial charge in [-0.1, -0.05) is 26.7 Å². The maximum absolute atomic E-state index is 11.6. The van der Waals surface area contributed by atoms with Gasteiger partial charge in [-0.25, -0.2) is 4.79 Å². The second-order valence-electron chi connectivity index (χ2n) is 5.38. The largest absolute Gasteiger partial charge is 0.481 e. The van der Waals surface area contributed by atoms with Crippen LogP contribution in [0.2, 0.25) is 0 Å². The highest BCUT2D eigenvalue weighted by Crippen LogP contribution is 2.09. The number of hydrogen-bond donors (Lipinski definition) is 3. The van der Waals surface area contributed by atoms with Crippen molar-refractivity contribution < 1.29 is 14.7 Å². The number of aliphatic carboxylic acids is 1. The zero-order valence-electron chi connectivity index (χ0n) is 12.5. The molecule has 0 aromatic heterocycles. The molecule has 0 aliphatic carbocycles. The molecule has 0 radical (unpaired) electrons. The van der Waals surface area contributed by atoms with E-state index in [2.05, 4.69) is 17.6 Å². The molecule has 0 aliphatic rings. The third-order valence-corrected chi connectivity index (χ3v) is 3.17. The Morgan fingerprint density at radius 2 is 1.53 bits per heavy atom. The molecule has 0 aromatic rings. The van der Waals surface area contributed by atoms with Gasteiger partial charge in [-0.15, -0.1) is 0 Å². The van der Waals surface area contributed by atoms with Crippen LogP contribution in [0.5, 0.6) is 0 Å². The second kappa shape index (κ2) is 9.64. The summed E-state index contributed by atoms with van der Waals surface area (Å²) in [5.41, 5.74) is 0. The van der Waals surface area contributed by atoms with E-state index in [1.165, 1.54) is 0 Å². The molecule has 0 aliphatic heterocycles. The van der Waals surface area contributed by atoms with Crippen LogP contribution in [-0.2, 0) is 4.79 Å². The molecule has 3 atom stereocenters. The molecule has 0 fully saturated rings. The van der Waals surface area contributed by atoms with Crippen LogP contribution in [0.4, 0.5) is 4.79 Å². The van der Waals surface area contributed by atoms with Crippen molar-refractivity contribution in [3.8, 4) is 0 Å². The van der Waals surface area contributed by atoms with Crippen LogP contribution < -0.4 is 10.6 Å². The Bertz CT molecular complexity index is 282. The van der Waals surface area contributed by atoms with Crippen LogP contribution in [-0.4, -0.2) is 29.2 Å². The molecular weight excluding hydrogens is 244 g/mol. The molecule has 0 rings (SSSR count). The SMILES string of the molecule is CCCC(C)NC(=O)NC(C)CCCC(C)C(=O)O. The zero-order chi connectivity index (χ0) is 14.8. The number of carbonyl (C=O) groups excluding carboxylic acids is 1. The standard InChI is InChI=1S/C14H28N2O3/c1-5-7-11(3)15-14(19)16-12(4)9-6-8-10(2)13(17)18/h10-12H,5-9H2,1-4H3,(H,17,18)(H2,15,16,19). The minimum atomic E-state index is -0.758. The molecule has 112 valence electrons. The quantitative estimate of drug-likeness (QED) is 0.604. The minimum Gasteiger partial charge on any atom is -0.481 e. The first-order valence-electron chi connectivity index (χ1n) is 7.16. The minimum absolute atomic E-state index is 0.0646. The van der Waals surface area contributed by atoms with E-state index in [4.69, 9.17) is 5.11 Å². The van der Waals surface area contributed by atoms with E-state index in [1.54, 1.807) is 6.92 Å². The van der Waals surface area contributed by atoms with Crippen molar-refractivity contribution in [2.45, 2.75) is 71.9 Å². The number of carboxylic acid groups (broad SMARTS) is 1. The molecule has 2 amide bonds. The van der Waals surface area contributed by atoms with E-state index in [-0.39, 0.29) is 24.0 Å². The fraction of sp³-hybridized carbons (Fsp3) is 0.857. The van der Waals surface area contributed by atoms with Crippen molar-refractivity contribution in [2.75, 3.05) is 0 Å². The summed E-state index contributed by atoms with van der Waals surface area (Å²) in [5.74, 6) is -1.07. The molecule has 5 nitrogen and oxygen atoms in total. The number of urea groups is 1. The summed E-state index contributed by atoms with van der Waals surface area (Å²) in [4.78, 5) is 22.3. The Balaban J connectivity index is 3.76. The number of rotatable bonds is 9. The molecule has 0 bridgehead atoms. The molecule has 0 spiro atoms. The first kappa shape index (κ1) is 17.7. The van der Waals surface area contributed by atoms with E-state index >= 15 is 0 Å². The highest BCUT2D eigenvalue weighted by atomic mass is 16.4. The smallest absolute Gasteiger partial charge is 0.315 e. The van der Waals surface area contributed by atoms with Gasteiger partial charge in [-0.3, -0.25) is 4.79 Å². The number of hydrogen-bond acceptors (Lipinski definition) is 2. The van der Waals surface area contributed by atoms with Crippen molar-refractivity contribution in [1.82, 2.24) is 10.6 Å². The molecule has 0 saturated carbocycles. The molecule has 0 saturated heterocycles. The van der Waals surface area contributed by atoms with Gasteiger partial charge in [0.05, 0.1) is 5.92 Å². The zero-order valence-corrected chi connectivity index (χ0v) is 12.5. The summed E-state index contributed by atoms with van der Waals surface area (Å²) in [7, 11) is 0. The predicted molar refractivity (Wildman–Crippen MR) is 76.2 cm³/mol. The maximum atomic E-state index is 11.6. The van der Waals surface area contributed by atoms with E-state index in [0.29, 0.717) is 6.42 Å². The normalized spacial score (nSPS) is 15.4. The first-order chi connectivity index (χ1) is 8.86. The lowest BCUT2D eigenvalue weighted by molar-refractivity contribution is -0.141. The molecule has 3 N–H and O–H groups in total. The van der Waals surface area contributed by atoms with Gasteiger partial charge in [0.25, 0.3) is 0 Å². The van der Waals surface area contributed by atoms with Gasteiger partial charge in [-0.05, 0) is 33.1 Å². The van der Waals surface area contributed by atoms with E-state index in [1.807, 2.05) is 13.8 Å². The Morgan fingerprint density at radius 3 is 2.00 bits per heavy atom. The molecule has 3 unspecified atom stereocenters. The van der Waals surface area contributed by atoms with Gasteiger partial charge < -0.3 is 15.7 Å². The van der Waals surface area contributed by atoms with Crippen molar-refractivity contribution in [3.05, 3.63) is 0 Å². The van der Waals surface area contributed by atoms with Gasteiger partial charge in [-0.2, -0.15) is 0 Å². The molecule has 5 heteroatoms. The van der Waals surface area contributed by atoms with Crippen LogP contribution in [0.25, 0.3) is 0 Å². The van der Waals surface area contributed by atoms with Gasteiger partial charge in [0.2, 0.25) is 0 Å². The Labute approximate surface area is 116 Å². The number of nitrogens with one attached hydrogen (secondary N) is 2. The molecule has 0 heterocycles. The van der Waals surface area contributed by atoms with Crippen molar-refractivity contribution in [3.63, 3.8) is 0 Å². The second-order valence-corrected chi connectivity index (χ2v) is 5.38. The summed E-state index contributed by atoms with van der Waals surface area (Å²) in [6.07, 6.45) is 4.27. The van der Waals surface area contributed by atoms with Crippen LogP contribution in [0, 0.1) is 5.92 Å². The monoisotopic (exact) mass is 272 g/mol. The lowest BCUT2D eigenvalue weighted by atomic mass is 10.0. The maximum Gasteiger partial charge on any atom is 0.315 e. The van der Waals surface area contributed by atoms with Gasteiger partial charge in [0, 0.05) is 12.1 Å². The predicted octanol–water partition coefficient (Wildman–Crippen LogP) is 2.75. The number of amides is 2. The summed E-state index contributed by atoms with van der Waals surface area (Å²) in [6.45, 7) is 7.72. The van der Waals surface area contributed by atoms with Crippen LogP contribution >= 0.6 is 0 Å². The third-order valence-electron chi connectivity index (χ3n) is 3.17. The van der Waals surface area contributed by atoms with E-state index in [0.717, 1.165) is 25.7 Å². The van der Waals surface area contributed by atoms with E-state index in [9.17, 15) is 9.59 Å². The van der Waals surface area contributed by atoms with Crippen molar-refractivity contribution in [1.29, 1.82) is 0 Å². The van der Waals surface area contributed by atoms with Crippen molar-refractivity contribution in [2.24, 2.45) is 5.92 Å². The average molecular weight is 272 g/mol. The van der Waals surface area contributed by atoms with Gasteiger partial charge >= 0.3 is 12.0 Å². The lowest BCUT2D eigenvalue weighted by Crippen LogP contribution is -2.44. The van der Waals surface area contributed by atoms with Gasteiger partial charge in [0.1, 0.15) is 0 Å². The average Bonchev–Trinajstić information content (AvgIpc) is 2.28. The fourth-order valence-electron chi connectivity index (χ4n) is 1.92. The molecule has 0 aromatic carbocycles. The number of carboxylic acids is 1. The highest BCUT2D eigenvalue weighted by molar-refractivity contribution is 5.74. The summed E-state index contributed by atoms with van der Waals surface area (Å²) >= 11 is 0. The van der Waals surface area contributed by atoms with Crippen LogP contribution in [0.1, 0.15) is 59.8 Å². The number of carbonyl (C=O) groups is 2. The molecular formula is C14H28N2O3.